The predicted octanol–water partition coefficient (Wildman–Crippen LogP) is 5.79. The minimum atomic E-state index is -0.389. The standard InChI is InChI=1S/C25H20ClNO4/c1-15-24-17(13-27(14-30-24)19-7-5-18(26)6-8-19)11-22-21(12-23(28)31-25(15)22)16-3-9-20(29-2)10-4-16/h3-12H,13-14H2,1-2H3. The lowest BCUT2D eigenvalue weighted by Gasteiger charge is -2.32. The highest BCUT2D eigenvalue weighted by Crippen LogP contribution is 2.39. The second kappa shape index (κ2) is 7.67. The zero-order valence-electron chi connectivity index (χ0n) is 17.1. The lowest BCUT2D eigenvalue weighted by Crippen LogP contribution is -2.32. The van der Waals surface area contributed by atoms with Gasteiger partial charge >= 0.3 is 5.63 Å². The predicted molar refractivity (Wildman–Crippen MR) is 122 cm³/mol. The van der Waals surface area contributed by atoms with Crippen LogP contribution in [0.25, 0.3) is 22.1 Å². The lowest BCUT2D eigenvalue weighted by atomic mass is 9.96. The van der Waals surface area contributed by atoms with Crippen molar-refractivity contribution in [2.24, 2.45) is 0 Å². The van der Waals surface area contributed by atoms with E-state index in [0.29, 0.717) is 23.9 Å². The number of fused-ring (bicyclic) bond motifs is 2. The Hall–Kier alpha value is -3.44. The molecule has 6 heteroatoms. The number of methoxy groups -OCH3 is 1. The summed E-state index contributed by atoms with van der Waals surface area (Å²) in [4.78, 5) is 14.5. The summed E-state index contributed by atoms with van der Waals surface area (Å²) in [6, 6.07) is 18.9. The Labute approximate surface area is 184 Å². The normalized spacial score (nSPS) is 13.1. The zero-order chi connectivity index (χ0) is 21.5. The first kappa shape index (κ1) is 19.5. The quantitative estimate of drug-likeness (QED) is 0.383. The SMILES string of the molecule is COc1ccc(-c2cc(=O)oc3c(C)c4c(cc23)CN(c2ccc(Cl)cc2)CO4)cc1. The van der Waals surface area contributed by atoms with Gasteiger partial charge in [-0.3, -0.25) is 0 Å². The maximum atomic E-state index is 12.3. The number of ether oxygens (including phenoxy) is 2. The summed E-state index contributed by atoms with van der Waals surface area (Å²) in [7, 11) is 1.63. The first-order valence-corrected chi connectivity index (χ1v) is 10.3. The molecule has 2 heterocycles. The average Bonchev–Trinajstić information content (AvgIpc) is 2.79. The molecule has 0 bridgehead atoms. The molecule has 3 aromatic carbocycles. The largest absolute Gasteiger partial charge is 0.497 e. The molecule has 0 spiro atoms. The van der Waals surface area contributed by atoms with Crippen LogP contribution in [0.1, 0.15) is 11.1 Å². The molecule has 1 aliphatic heterocycles. The monoisotopic (exact) mass is 433 g/mol. The molecule has 0 unspecified atom stereocenters. The van der Waals surface area contributed by atoms with Crippen LogP contribution in [-0.2, 0) is 6.54 Å². The number of anilines is 1. The van der Waals surface area contributed by atoms with Crippen molar-refractivity contribution in [3.63, 3.8) is 0 Å². The van der Waals surface area contributed by atoms with Gasteiger partial charge in [-0.2, -0.15) is 0 Å². The topological polar surface area (TPSA) is 51.9 Å². The molecule has 1 aliphatic rings. The van der Waals surface area contributed by atoms with E-state index in [4.69, 9.17) is 25.5 Å². The summed E-state index contributed by atoms with van der Waals surface area (Å²) < 4.78 is 17.0. The van der Waals surface area contributed by atoms with Gasteiger partial charge in [-0.15, -0.1) is 0 Å². The molecule has 5 rings (SSSR count). The Morgan fingerprint density at radius 2 is 1.77 bits per heavy atom. The van der Waals surface area contributed by atoms with Gasteiger partial charge in [0.15, 0.2) is 6.73 Å². The van der Waals surface area contributed by atoms with E-state index in [-0.39, 0.29) is 5.63 Å². The molecule has 0 atom stereocenters. The second-order valence-electron chi connectivity index (χ2n) is 7.52. The number of hydrogen-bond acceptors (Lipinski definition) is 5. The number of hydrogen-bond donors (Lipinski definition) is 0. The molecule has 0 aliphatic carbocycles. The van der Waals surface area contributed by atoms with Crippen molar-refractivity contribution in [3.8, 4) is 22.6 Å². The van der Waals surface area contributed by atoms with Crippen LogP contribution in [0.5, 0.6) is 11.5 Å². The van der Waals surface area contributed by atoms with Gasteiger partial charge in [0.05, 0.1) is 7.11 Å². The Kier molecular flexibility index (Phi) is 4.83. The maximum Gasteiger partial charge on any atom is 0.336 e. The molecule has 31 heavy (non-hydrogen) atoms. The second-order valence-corrected chi connectivity index (χ2v) is 7.96. The summed E-state index contributed by atoms with van der Waals surface area (Å²) in [5.74, 6) is 1.53. The van der Waals surface area contributed by atoms with Gasteiger partial charge in [-0.1, -0.05) is 23.7 Å². The maximum absolute atomic E-state index is 12.3. The van der Waals surface area contributed by atoms with Crippen molar-refractivity contribution in [3.05, 3.63) is 87.2 Å². The Morgan fingerprint density at radius 1 is 1.03 bits per heavy atom. The van der Waals surface area contributed by atoms with Gasteiger partial charge in [-0.25, -0.2) is 4.79 Å². The van der Waals surface area contributed by atoms with Crippen LogP contribution in [-0.4, -0.2) is 13.8 Å². The van der Waals surface area contributed by atoms with Crippen LogP contribution >= 0.6 is 11.6 Å². The van der Waals surface area contributed by atoms with Crippen molar-refractivity contribution in [1.29, 1.82) is 0 Å². The van der Waals surface area contributed by atoms with Gasteiger partial charge in [0.2, 0.25) is 0 Å². The highest BCUT2D eigenvalue weighted by atomic mass is 35.5. The van der Waals surface area contributed by atoms with Gasteiger partial charge in [-0.05, 0) is 60.5 Å². The van der Waals surface area contributed by atoms with E-state index in [0.717, 1.165) is 44.8 Å². The molecule has 0 radical (unpaired) electrons. The average molecular weight is 434 g/mol. The van der Waals surface area contributed by atoms with Crippen molar-refractivity contribution < 1.29 is 13.9 Å². The van der Waals surface area contributed by atoms with E-state index in [1.165, 1.54) is 6.07 Å². The highest BCUT2D eigenvalue weighted by Gasteiger charge is 2.23. The van der Waals surface area contributed by atoms with Crippen molar-refractivity contribution >= 4 is 28.3 Å². The minimum Gasteiger partial charge on any atom is -0.497 e. The molecular weight excluding hydrogens is 414 g/mol. The smallest absolute Gasteiger partial charge is 0.336 e. The summed E-state index contributed by atoms with van der Waals surface area (Å²) >= 11 is 6.03. The zero-order valence-corrected chi connectivity index (χ0v) is 17.9. The Morgan fingerprint density at radius 3 is 2.48 bits per heavy atom. The van der Waals surface area contributed by atoms with Crippen LogP contribution in [0.15, 0.2) is 69.9 Å². The number of rotatable bonds is 3. The third-order valence-corrected chi connectivity index (χ3v) is 5.86. The minimum absolute atomic E-state index is 0.389. The first-order chi connectivity index (χ1) is 15.0. The number of halogens is 1. The molecule has 0 fully saturated rings. The van der Waals surface area contributed by atoms with Crippen LogP contribution in [0.4, 0.5) is 5.69 Å². The van der Waals surface area contributed by atoms with Gasteiger partial charge in [0.25, 0.3) is 0 Å². The van der Waals surface area contributed by atoms with Crippen LogP contribution in [0.2, 0.25) is 5.02 Å². The Bertz CT molecular complexity index is 1330. The van der Waals surface area contributed by atoms with E-state index < -0.39 is 0 Å². The first-order valence-electron chi connectivity index (χ1n) is 9.91. The van der Waals surface area contributed by atoms with Gasteiger partial charge in [0.1, 0.15) is 17.1 Å². The molecule has 156 valence electrons. The number of benzene rings is 3. The van der Waals surface area contributed by atoms with Crippen molar-refractivity contribution in [2.75, 3.05) is 18.7 Å². The summed E-state index contributed by atoms with van der Waals surface area (Å²) in [5.41, 5.74) is 4.80. The van der Waals surface area contributed by atoms with E-state index in [1.54, 1.807) is 7.11 Å². The van der Waals surface area contributed by atoms with Gasteiger partial charge < -0.3 is 18.8 Å². The third-order valence-electron chi connectivity index (χ3n) is 5.61. The molecule has 0 saturated heterocycles. The number of aryl methyl sites for hydroxylation is 1. The molecule has 0 N–H and O–H groups in total. The van der Waals surface area contributed by atoms with E-state index in [1.807, 2.05) is 55.5 Å². The summed E-state index contributed by atoms with van der Waals surface area (Å²) in [6.07, 6.45) is 0. The third kappa shape index (κ3) is 3.51. The van der Waals surface area contributed by atoms with E-state index >= 15 is 0 Å². The molecule has 1 aromatic heterocycles. The molecular formula is C25H20ClNO4. The fourth-order valence-electron chi connectivity index (χ4n) is 4.05. The van der Waals surface area contributed by atoms with Gasteiger partial charge in [0, 0.05) is 39.8 Å². The summed E-state index contributed by atoms with van der Waals surface area (Å²) in [5, 5.41) is 1.57. The van der Waals surface area contributed by atoms with Crippen LogP contribution < -0.4 is 20.0 Å². The van der Waals surface area contributed by atoms with Crippen LogP contribution in [0.3, 0.4) is 0 Å². The molecule has 0 saturated carbocycles. The molecule has 5 nitrogen and oxygen atoms in total. The fraction of sp³-hybridized carbons (Fsp3) is 0.160. The summed E-state index contributed by atoms with van der Waals surface area (Å²) in [6.45, 7) is 3.01. The van der Waals surface area contributed by atoms with Crippen LogP contribution in [0, 0.1) is 6.92 Å². The molecule has 4 aromatic rings. The van der Waals surface area contributed by atoms with Crippen molar-refractivity contribution in [2.45, 2.75) is 13.5 Å². The number of nitrogens with zero attached hydrogens (tertiary/aromatic N) is 1. The fourth-order valence-corrected chi connectivity index (χ4v) is 4.17. The highest BCUT2D eigenvalue weighted by molar-refractivity contribution is 6.30. The lowest BCUT2D eigenvalue weighted by molar-refractivity contribution is 0.287. The van der Waals surface area contributed by atoms with E-state index in [2.05, 4.69) is 11.0 Å². The Balaban J connectivity index is 1.64. The molecule has 0 amide bonds. The van der Waals surface area contributed by atoms with Crippen molar-refractivity contribution in [1.82, 2.24) is 0 Å². The van der Waals surface area contributed by atoms with E-state index in [9.17, 15) is 4.79 Å².